The van der Waals surface area contributed by atoms with Gasteiger partial charge < -0.3 is 4.74 Å². The quantitative estimate of drug-likeness (QED) is 0.437. The van der Waals surface area contributed by atoms with Crippen molar-refractivity contribution in [2.24, 2.45) is 20.9 Å². The molecule has 1 atom stereocenters. The second-order valence-corrected chi connectivity index (χ2v) is 9.39. The van der Waals surface area contributed by atoms with E-state index in [0.717, 1.165) is 48.6 Å². The summed E-state index contributed by atoms with van der Waals surface area (Å²) in [4.78, 5) is 13.5. The first kappa shape index (κ1) is 24.6. The van der Waals surface area contributed by atoms with Gasteiger partial charge in [0, 0.05) is 31.2 Å². The number of ether oxygens (including phenoxy) is 1. The van der Waals surface area contributed by atoms with Crippen LogP contribution in [0.15, 0.2) is 86.6 Å². The van der Waals surface area contributed by atoms with Gasteiger partial charge in [-0.2, -0.15) is 0 Å². The molecule has 5 rings (SSSR count). The Balaban J connectivity index is 1.31. The zero-order valence-corrected chi connectivity index (χ0v) is 20.7. The molecule has 0 radical (unpaired) electrons. The van der Waals surface area contributed by atoms with Gasteiger partial charge >= 0.3 is 0 Å². The minimum absolute atomic E-state index is 0.0507. The Bertz CT molecular complexity index is 1440. The van der Waals surface area contributed by atoms with Crippen molar-refractivity contribution in [2.45, 2.75) is 32.6 Å². The third-order valence-electron chi connectivity index (χ3n) is 6.78. The smallest absolute Gasteiger partial charge is 0.169 e. The van der Waals surface area contributed by atoms with Crippen molar-refractivity contribution in [2.75, 3.05) is 13.2 Å². The van der Waals surface area contributed by atoms with Crippen LogP contribution in [0.2, 0.25) is 0 Å². The molecule has 3 aliphatic heterocycles. The largest absolute Gasteiger partial charge is 0.498 e. The van der Waals surface area contributed by atoms with Gasteiger partial charge in [-0.05, 0) is 67.2 Å². The summed E-state index contributed by atoms with van der Waals surface area (Å²) in [5.74, 6) is 2.22. The summed E-state index contributed by atoms with van der Waals surface area (Å²) in [6.45, 7) is 3.40. The van der Waals surface area contributed by atoms with Crippen LogP contribution in [-0.4, -0.2) is 30.9 Å². The molecular weight excluding hydrogens is 468 g/mol. The Morgan fingerprint density at radius 1 is 1.11 bits per heavy atom. The number of hydrogen-bond donors (Lipinski definition) is 0. The van der Waals surface area contributed by atoms with Gasteiger partial charge in [-0.15, -0.1) is 6.42 Å². The summed E-state index contributed by atoms with van der Waals surface area (Å²) < 4.78 is 34.1. The highest BCUT2D eigenvalue weighted by Gasteiger charge is 2.22. The Morgan fingerprint density at radius 2 is 1.95 bits per heavy atom. The monoisotopic (exact) mass is 495 g/mol. The summed E-state index contributed by atoms with van der Waals surface area (Å²) in [7, 11) is 0. The molecule has 0 spiro atoms. The number of rotatable bonds is 4. The lowest BCUT2D eigenvalue weighted by Gasteiger charge is -2.16. The number of allylic oxidation sites excluding steroid dienone is 5. The Labute approximate surface area is 215 Å². The maximum Gasteiger partial charge on any atom is 0.169 e. The fraction of sp³-hybridized carbons (Fsp3) is 0.258. The molecule has 0 N–H and O–H groups in total. The van der Waals surface area contributed by atoms with E-state index in [2.05, 4.69) is 46.0 Å². The lowest BCUT2D eigenvalue weighted by Crippen LogP contribution is -2.08. The van der Waals surface area contributed by atoms with E-state index in [0.29, 0.717) is 24.6 Å². The van der Waals surface area contributed by atoms with Crippen LogP contribution in [0.25, 0.3) is 5.57 Å². The van der Waals surface area contributed by atoms with Crippen LogP contribution in [0, 0.1) is 29.9 Å². The van der Waals surface area contributed by atoms with Crippen LogP contribution in [0.1, 0.15) is 49.3 Å². The minimum atomic E-state index is -0.943. The molecule has 0 saturated carbocycles. The van der Waals surface area contributed by atoms with Gasteiger partial charge in [0.25, 0.3) is 0 Å². The van der Waals surface area contributed by atoms with E-state index in [1.165, 1.54) is 23.3 Å². The molecular formula is C31H27F2N3O. The third kappa shape index (κ3) is 5.51. The van der Waals surface area contributed by atoms with Crippen molar-refractivity contribution >= 4 is 23.3 Å². The second-order valence-electron chi connectivity index (χ2n) is 9.39. The summed E-state index contributed by atoms with van der Waals surface area (Å²) in [6.07, 6.45) is 14.7. The van der Waals surface area contributed by atoms with Gasteiger partial charge in [0.15, 0.2) is 17.5 Å². The summed E-state index contributed by atoms with van der Waals surface area (Å²) in [5, 5.41) is 0. The van der Waals surface area contributed by atoms with Crippen LogP contribution in [0.4, 0.5) is 8.78 Å². The highest BCUT2D eigenvalue weighted by molar-refractivity contribution is 6.42. The van der Waals surface area contributed by atoms with E-state index in [1.54, 1.807) is 6.21 Å². The van der Waals surface area contributed by atoms with E-state index in [4.69, 9.17) is 11.2 Å². The molecule has 2 aromatic rings. The highest BCUT2D eigenvalue weighted by Crippen LogP contribution is 2.31. The van der Waals surface area contributed by atoms with Gasteiger partial charge in [0.05, 0.1) is 23.6 Å². The number of aliphatic imine (C=N–C) groups is 3. The molecule has 3 aliphatic rings. The minimum Gasteiger partial charge on any atom is -0.498 e. The average Bonchev–Trinajstić information content (AvgIpc) is 3.24. The molecule has 0 aromatic heterocycles. The zero-order valence-electron chi connectivity index (χ0n) is 20.7. The Hall–Kier alpha value is -4.11. The lowest BCUT2D eigenvalue weighted by atomic mass is 9.94. The van der Waals surface area contributed by atoms with Crippen molar-refractivity contribution in [3.8, 4) is 12.3 Å². The first-order valence-electron chi connectivity index (χ1n) is 12.4. The number of benzene rings is 2. The molecule has 0 aliphatic carbocycles. The number of halogens is 2. The Morgan fingerprint density at radius 3 is 2.76 bits per heavy atom. The molecule has 2 aromatic carbocycles. The predicted octanol–water partition coefficient (Wildman–Crippen LogP) is 6.68. The summed E-state index contributed by atoms with van der Waals surface area (Å²) in [6, 6.07) is 12.1. The SMILES string of the molecule is C#Cc1ccc(C2=C(C)CCOC(CC3CCC=C4N=C(c5cccc(F)c5F)N=C4C=NC3)=C2)cc1. The predicted molar refractivity (Wildman–Crippen MR) is 145 cm³/mol. The van der Waals surface area contributed by atoms with E-state index in [1.807, 2.05) is 18.2 Å². The zero-order chi connectivity index (χ0) is 25.8. The molecule has 37 heavy (non-hydrogen) atoms. The van der Waals surface area contributed by atoms with E-state index in [-0.39, 0.29) is 17.3 Å². The van der Waals surface area contributed by atoms with Crippen molar-refractivity contribution in [1.82, 2.24) is 0 Å². The van der Waals surface area contributed by atoms with Crippen molar-refractivity contribution in [3.63, 3.8) is 0 Å². The third-order valence-corrected chi connectivity index (χ3v) is 6.78. The first-order valence-corrected chi connectivity index (χ1v) is 12.4. The van der Waals surface area contributed by atoms with E-state index < -0.39 is 11.6 Å². The standard InChI is InChI=1S/C31H27F2N3O/c1-3-21-10-12-23(13-11-21)26-17-24(37-15-14-20(26)2)16-22-6-4-9-28-29(19-34-18-22)36-31(35-28)25-7-5-8-27(32)30(25)33/h1,5,7-13,17,19,22H,4,6,14-16,18H2,2H3. The Kier molecular flexibility index (Phi) is 7.23. The molecule has 0 fully saturated rings. The lowest BCUT2D eigenvalue weighted by molar-refractivity contribution is 0.196. The number of hydrogen-bond acceptors (Lipinski definition) is 4. The molecule has 3 heterocycles. The number of terminal acetylenes is 1. The van der Waals surface area contributed by atoms with Gasteiger partial charge in [0.2, 0.25) is 0 Å². The maximum absolute atomic E-state index is 14.2. The fourth-order valence-corrected chi connectivity index (χ4v) is 4.69. The maximum atomic E-state index is 14.2. The number of nitrogens with zero attached hydrogens (tertiary/aromatic N) is 3. The van der Waals surface area contributed by atoms with Crippen molar-refractivity contribution in [1.29, 1.82) is 0 Å². The van der Waals surface area contributed by atoms with Crippen LogP contribution in [-0.2, 0) is 4.74 Å². The highest BCUT2D eigenvalue weighted by atomic mass is 19.2. The van der Waals surface area contributed by atoms with Crippen molar-refractivity contribution in [3.05, 3.63) is 100.0 Å². The first-order chi connectivity index (χ1) is 18.0. The average molecular weight is 496 g/mol. The second kappa shape index (κ2) is 10.9. The van der Waals surface area contributed by atoms with Crippen LogP contribution >= 0.6 is 0 Å². The summed E-state index contributed by atoms with van der Waals surface area (Å²) in [5.41, 5.74) is 5.72. The molecule has 1 unspecified atom stereocenters. The molecule has 4 nitrogen and oxygen atoms in total. The summed E-state index contributed by atoms with van der Waals surface area (Å²) >= 11 is 0. The van der Waals surface area contributed by atoms with E-state index in [9.17, 15) is 8.78 Å². The molecule has 0 amide bonds. The molecule has 186 valence electrons. The molecule has 0 saturated heterocycles. The van der Waals surface area contributed by atoms with Gasteiger partial charge in [-0.3, -0.25) is 4.99 Å². The van der Waals surface area contributed by atoms with E-state index >= 15 is 0 Å². The van der Waals surface area contributed by atoms with Gasteiger partial charge in [-0.25, -0.2) is 18.8 Å². The molecule has 6 heteroatoms. The van der Waals surface area contributed by atoms with Crippen LogP contribution in [0.3, 0.4) is 0 Å². The number of amidine groups is 1. The fourth-order valence-electron chi connectivity index (χ4n) is 4.69. The van der Waals surface area contributed by atoms with Gasteiger partial charge in [0.1, 0.15) is 5.71 Å². The van der Waals surface area contributed by atoms with Crippen LogP contribution < -0.4 is 0 Å². The topological polar surface area (TPSA) is 46.3 Å². The van der Waals surface area contributed by atoms with Crippen LogP contribution in [0.5, 0.6) is 0 Å². The normalized spacial score (nSPS) is 19.7. The van der Waals surface area contributed by atoms with Gasteiger partial charge in [-0.1, -0.05) is 35.8 Å². The molecule has 0 bridgehead atoms. The number of fused-ring (bicyclic) bond motifs is 1. The van der Waals surface area contributed by atoms with Crippen molar-refractivity contribution < 1.29 is 13.5 Å².